The number of anilines is 1. The molecule has 0 unspecified atom stereocenters. The number of carbonyl (C=O) groups is 2. The maximum atomic E-state index is 13.4. The van der Waals surface area contributed by atoms with Gasteiger partial charge in [0, 0.05) is 38.0 Å². The Labute approximate surface area is 182 Å². The number of hydrogen-bond acceptors (Lipinski definition) is 4. The van der Waals surface area contributed by atoms with Crippen molar-refractivity contribution < 1.29 is 14.3 Å². The standard InChI is InChI=1S/C24H28N4O3/c1-27(12-13-31-2)24(30)20-14-18(26-23(29)17-8-4-3-5-9-17)15-21-22(20)28(16-25-21)19-10-6-7-11-19/h3-5,8-9,14-16,19H,6-7,10-13H2,1-2H3,(H,26,29). The van der Waals surface area contributed by atoms with E-state index in [1.165, 1.54) is 12.8 Å². The minimum Gasteiger partial charge on any atom is -0.383 e. The SMILES string of the molecule is COCCN(C)C(=O)c1cc(NC(=O)c2ccccc2)cc2ncn(C3CCCC3)c12. The fourth-order valence-electron chi connectivity index (χ4n) is 4.19. The first kappa shape index (κ1) is 21.1. The first-order valence-electron chi connectivity index (χ1n) is 10.7. The highest BCUT2D eigenvalue weighted by Crippen LogP contribution is 2.34. The molecular formula is C24H28N4O3. The van der Waals surface area contributed by atoms with Gasteiger partial charge in [-0.2, -0.15) is 0 Å². The molecule has 1 N–H and O–H groups in total. The number of benzene rings is 2. The van der Waals surface area contributed by atoms with E-state index in [1.54, 1.807) is 37.3 Å². The van der Waals surface area contributed by atoms with Crippen LogP contribution in [-0.2, 0) is 4.74 Å². The summed E-state index contributed by atoms with van der Waals surface area (Å²) in [6.45, 7) is 0.937. The molecule has 1 aliphatic rings. The maximum absolute atomic E-state index is 13.4. The van der Waals surface area contributed by atoms with E-state index in [0.717, 1.165) is 18.4 Å². The van der Waals surface area contributed by atoms with Gasteiger partial charge >= 0.3 is 0 Å². The molecule has 0 saturated heterocycles. The summed E-state index contributed by atoms with van der Waals surface area (Å²) in [5.74, 6) is -0.334. The Morgan fingerprint density at radius 1 is 1.19 bits per heavy atom. The van der Waals surface area contributed by atoms with Gasteiger partial charge in [0.25, 0.3) is 11.8 Å². The number of methoxy groups -OCH3 is 1. The average molecular weight is 421 g/mol. The molecule has 4 rings (SSSR count). The number of aromatic nitrogens is 2. The van der Waals surface area contributed by atoms with E-state index in [9.17, 15) is 9.59 Å². The normalized spacial score (nSPS) is 14.1. The molecule has 7 heteroatoms. The smallest absolute Gasteiger partial charge is 0.255 e. The lowest BCUT2D eigenvalue weighted by Crippen LogP contribution is -2.30. The first-order chi connectivity index (χ1) is 15.1. The molecule has 31 heavy (non-hydrogen) atoms. The number of hydrogen-bond donors (Lipinski definition) is 1. The third kappa shape index (κ3) is 4.46. The van der Waals surface area contributed by atoms with Crippen molar-refractivity contribution in [1.29, 1.82) is 0 Å². The number of nitrogens with zero attached hydrogens (tertiary/aromatic N) is 3. The third-order valence-electron chi connectivity index (χ3n) is 5.89. The second kappa shape index (κ2) is 9.31. The Bertz CT molecular complexity index is 1070. The molecule has 0 aliphatic heterocycles. The van der Waals surface area contributed by atoms with E-state index >= 15 is 0 Å². The zero-order chi connectivity index (χ0) is 21.8. The molecule has 1 aliphatic carbocycles. The van der Waals surface area contributed by atoms with Crippen molar-refractivity contribution in [3.8, 4) is 0 Å². The molecule has 0 bridgehead atoms. The number of imidazole rings is 1. The minimum absolute atomic E-state index is 0.113. The van der Waals surface area contributed by atoms with Crippen molar-refractivity contribution in [2.24, 2.45) is 0 Å². The molecule has 1 heterocycles. The predicted octanol–water partition coefficient (Wildman–Crippen LogP) is 4.12. The molecule has 0 atom stereocenters. The van der Waals surface area contributed by atoms with Crippen molar-refractivity contribution in [3.05, 3.63) is 59.9 Å². The lowest BCUT2D eigenvalue weighted by molar-refractivity contribution is 0.0745. The second-order valence-electron chi connectivity index (χ2n) is 8.02. The van der Waals surface area contributed by atoms with E-state index in [-0.39, 0.29) is 11.8 Å². The zero-order valence-electron chi connectivity index (χ0n) is 18.0. The third-order valence-corrected chi connectivity index (χ3v) is 5.89. The van der Waals surface area contributed by atoms with Crippen molar-refractivity contribution in [2.75, 3.05) is 32.6 Å². The van der Waals surface area contributed by atoms with Crippen LogP contribution in [0.15, 0.2) is 48.8 Å². The van der Waals surface area contributed by atoms with Crippen LogP contribution in [0.2, 0.25) is 0 Å². The topological polar surface area (TPSA) is 76.5 Å². The highest BCUT2D eigenvalue weighted by Gasteiger charge is 2.24. The average Bonchev–Trinajstić information content (AvgIpc) is 3.46. The van der Waals surface area contributed by atoms with Crippen molar-refractivity contribution in [3.63, 3.8) is 0 Å². The maximum Gasteiger partial charge on any atom is 0.255 e. The fraction of sp³-hybridized carbons (Fsp3) is 0.375. The van der Waals surface area contributed by atoms with Crippen LogP contribution >= 0.6 is 0 Å². The van der Waals surface area contributed by atoms with Gasteiger partial charge in [-0.1, -0.05) is 31.0 Å². The van der Waals surface area contributed by atoms with Gasteiger partial charge in [0.15, 0.2) is 0 Å². The van der Waals surface area contributed by atoms with E-state index in [2.05, 4.69) is 14.9 Å². The van der Waals surface area contributed by atoms with Gasteiger partial charge in [0.05, 0.1) is 29.5 Å². The summed E-state index contributed by atoms with van der Waals surface area (Å²) in [6, 6.07) is 13.0. The Morgan fingerprint density at radius 2 is 1.94 bits per heavy atom. The van der Waals surface area contributed by atoms with Crippen molar-refractivity contribution in [1.82, 2.24) is 14.5 Å². The number of likely N-dealkylation sites (N-methyl/N-ethyl adjacent to an activating group) is 1. The van der Waals surface area contributed by atoms with E-state index in [0.29, 0.717) is 41.5 Å². The highest BCUT2D eigenvalue weighted by atomic mass is 16.5. The summed E-state index contributed by atoms with van der Waals surface area (Å²) in [4.78, 5) is 32.3. The molecule has 0 spiro atoms. The minimum atomic E-state index is -0.221. The van der Waals surface area contributed by atoms with E-state index in [1.807, 2.05) is 30.6 Å². The van der Waals surface area contributed by atoms with Crippen LogP contribution in [0.3, 0.4) is 0 Å². The molecule has 1 saturated carbocycles. The van der Waals surface area contributed by atoms with Gasteiger partial charge < -0.3 is 19.5 Å². The Balaban J connectivity index is 1.73. The summed E-state index contributed by atoms with van der Waals surface area (Å²) in [5.41, 5.74) is 3.20. The number of rotatable bonds is 7. The highest BCUT2D eigenvalue weighted by molar-refractivity contribution is 6.09. The van der Waals surface area contributed by atoms with E-state index in [4.69, 9.17) is 4.74 Å². The van der Waals surface area contributed by atoms with Crippen LogP contribution < -0.4 is 5.32 Å². The van der Waals surface area contributed by atoms with Gasteiger partial charge in [-0.15, -0.1) is 0 Å². The van der Waals surface area contributed by atoms with Gasteiger partial charge in [0.1, 0.15) is 0 Å². The Kier molecular flexibility index (Phi) is 6.32. The summed E-state index contributed by atoms with van der Waals surface area (Å²) >= 11 is 0. The van der Waals surface area contributed by atoms with Crippen LogP contribution in [0.1, 0.15) is 52.4 Å². The molecule has 7 nitrogen and oxygen atoms in total. The van der Waals surface area contributed by atoms with Gasteiger partial charge in [-0.05, 0) is 37.1 Å². The first-order valence-corrected chi connectivity index (χ1v) is 10.7. The number of fused-ring (bicyclic) bond motifs is 1. The summed E-state index contributed by atoms with van der Waals surface area (Å²) in [7, 11) is 3.38. The zero-order valence-corrected chi connectivity index (χ0v) is 18.0. The van der Waals surface area contributed by atoms with Gasteiger partial charge in [-0.3, -0.25) is 9.59 Å². The van der Waals surface area contributed by atoms with Crippen LogP contribution in [-0.4, -0.2) is 53.6 Å². The molecular weight excluding hydrogens is 392 g/mol. The quantitative estimate of drug-likeness (QED) is 0.624. The Morgan fingerprint density at radius 3 is 2.65 bits per heavy atom. The summed E-state index contributed by atoms with van der Waals surface area (Å²) in [6.07, 6.45) is 6.38. The fourth-order valence-corrected chi connectivity index (χ4v) is 4.19. The lowest BCUT2D eigenvalue weighted by Gasteiger charge is -2.20. The van der Waals surface area contributed by atoms with Crippen LogP contribution in [0.25, 0.3) is 11.0 Å². The molecule has 0 radical (unpaired) electrons. The monoisotopic (exact) mass is 420 g/mol. The molecule has 162 valence electrons. The van der Waals surface area contributed by atoms with Crippen molar-refractivity contribution >= 4 is 28.5 Å². The number of amides is 2. The number of nitrogens with one attached hydrogen (secondary N) is 1. The Hall–Kier alpha value is -3.19. The molecule has 1 fully saturated rings. The summed E-state index contributed by atoms with van der Waals surface area (Å²) in [5, 5.41) is 2.92. The van der Waals surface area contributed by atoms with Crippen LogP contribution in [0, 0.1) is 0 Å². The van der Waals surface area contributed by atoms with Crippen LogP contribution in [0.4, 0.5) is 5.69 Å². The summed E-state index contributed by atoms with van der Waals surface area (Å²) < 4.78 is 7.27. The van der Waals surface area contributed by atoms with Crippen molar-refractivity contribution in [2.45, 2.75) is 31.7 Å². The van der Waals surface area contributed by atoms with E-state index < -0.39 is 0 Å². The lowest BCUT2D eigenvalue weighted by atomic mass is 10.1. The predicted molar refractivity (Wildman–Crippen MR) is 120 cm³/mol. The second-order valence-corrected chi connectivity index (χ2v) is 8.02. The van der Waals surface area contributed by atoms with Gasteiger partial charge in [-0.25, -0.2) is 4.98 Å². The molecule has 2 aromatic carbocycles. The molecule has 2 amide bonds. The molecule has 3 aromatic rings. The number of carbonyl (C=O) groups excluding carboxylic acids is 2. The number of ether oxygens (including phenoxy) is 1. The van der Waals surface area contributed by atoms with Gasteiger partial charge in [0.2, 0.25) is 0 Å². The largest absolute Gasteiger partial charge is 0.383 e. The van der Waals surface area contributed by atoms with Crippen LogP contribution in [0.5, 0.6) is 0 Å². The molecule has 1 aromatic heterocycles.